The summed E-state index contributed by atoms with van der Waals surface area (Å²) < 4.78 is 0. The molecule has 0 aliphatic rings. The molecule has 90 valence electrons. The second kappa shape index (κ2) is 6.59. The highest BCUT2D eigenvalue weighted by Gasteiger charge is 2.08. The molecule has 1 N–H and O–H groups in total. The van der Waals surface area contributed by atoms with Gasteiger partial charge in [0.1, 0.15) is 5.82 Å². The van der Waals surface area contributed by atoms with Crippen molar-refractivity contribution in [3.63, 3.8) is 0 Å². The second-order valence-electron chi connectivity index (χ2n) is 4.31. The highest BCUT2D eigenvalue weighted by molar-refractivity contribution is 5.10. The number of hydrogen-bond donors (Lipinski definition) is 1. The van der Waals surface area contributed by atoms with Crippen LogP contribution in [0.3, 0.4) is 0 Å². The standard InChI is InChI=1S/C13H23N3/c1-5-7-14-12(6-2)9-13-8-10(3)15-11(4)16-13/h8,12,14H,5-7,9H2,1-4H3. The summed E-state index contributed by atoms with van der Waals surface area (Å²) in [6.07, 6.45) is 3.32. The monoisotopic (exact) mass is 221 g/mol. The molecule has 0 saturated carbocycles. The average molecular weight is 221 g/mol. The Morgan fingerprint density at radius 1 is 1.25 bits per heavy atom. The molecule has 0 aliphatic carbocycles. The predicted molar refractivity (Wildman–Crippen MR) is 67.6 cm³/mol. The van der Waals surface area contributed by atoms with Gasteiger partial charge in [-0.1, -0.05) is 13.8 Å². The van der Waals surface area contributed by atoms with Crippen molar-refractivity contribution in [1.82, 2.24) is 15.3 Å². The summed E-state index contributed by atoms with van der Waals surface area (Å²) in [5, 5.41) is 3.55. The first-order valence-electron chi connectivity index (χ1n) is 6.20. The third-order valence-corrected chi connectivity index (χ3v) is 2.65. The van der Waals surface area contributed by atoms with Crippen LogP contribution >= 0.6 is 0 Å². The molecule has 0 saturated heterocycles. The lowest BCUT2D eigenvalue weighted by Gasteiger charge is -2.16. The van der Waals surface area contributed by atoms with Crippen molar-refractivity contribution in [1.29, 1.82) is 0 Å². The fourth-order valence-corrected chi connectivity index (χ4v) is 1.86. The minimum Gasteiger partial charge on any atom is -0.314 e. The molecule has 1 rings (SSSR count). The Morgan fingerprint density at radius 3 is 2.56 bits per heavy atom. The van der Waals surface area contributed by atoms with Crippen LogP contribution in [0.4, 0.5) is 0 Å². The van der Waals surface area contributed by atoms with Gasteiger partial charge in [0.05, 0.1) is 0 Å². The lowest BCUT2D eigenvalue weighted by molar-refractivity contribution is 0.489. The Labute approximate surface area is 98.7 Å². The second-order valence-corrected chi connectivity index (χ2v) is 4.31. The fraction of sp³-hybridized carbons (Fsp3) is 0.692. The van der Waals surface area contributed by atoms with Crippen LogP contribution in [0.5, 0.6) is 0 Å². The Morgan fingerprint density at radius 2 is 2.00 bits per heavy atom. The van der Waals surface area contributed by atoms with Crippen molar-refractivity contribution in [3.8, 4) is 0 Å². The Bertz CT molecular complexity index is 303. The molecular formula is C13H23N3. The maximum Gasteiger partial charge on any atom is 0.125 e. The zero-order chi connectivity index (χ0) is 12.0. The van der Waals surface area contributed by atoms with Crippen molar-refractivity contribution in [2.75, 3.05) is 6.54 Å². The number of rotatable bonds is 6. The van der Waals surface area contributed by atoms with Crippen LogP contribution in [-0.2, 0) is 6.42 Å². The summed E-state index contributed by atoms with van der Waals surface area (Å²) in [4.78, 5) is 8.78. The molecule has 3 heteroatoms. The van der Waals surface area contributed by atoms with E-state index in [9.17, 15) is 0 Å². The smallest absolute Gasteiger partial charge is 0.125 e. The highest BCUT2D eigenvalue weighted by atomic mass is 14.9. The quantitative estimate of drug-likeness (QED) is 0.801. The van der Waals surface area contributed by atoms with Gasteiger partial charge in [-0.05, 0) is 39.3 Å². The lowest BCUT2D eigenvalue weighted by Crippen LogP contribution is -2.31. The lowest BCUT2D eigenvalue weighted by atomic mass is 10.1. The molecule has 1 heterocycles. The summed E-state index contributed by atoms with van der Waals surface area (Å²) in [6, 6.07) is 2.62. The van der Waals surface area contributed by atoms with Gasteiger partial charge in [-0.3, -0.25) is 0 Å². The SMILES string of the molecule is CCCNC(CC)Cc1cc(C)nc(C)n1. The van der Waals surface area contributed by atoms with E-state index >= 15 is 0 Å². The Hall–Kier alpha value is -0.960. The van der Waals surface area contributed by atoms with Crippen molar-refractivity contribution >= 4 is 0 Å². The third kappa shape index (κ3) is 4.27. The first-order chi connectivity index (χ1) is 7.65. The molecule has 16 heavy (non-hydrogen) atoms. The first kappa shape index (κ1) is 13.1. The van der Waals surface area contributed by atoms with E-state index in [2.05, 4.69) is 35.2 Å². The van der Waals surface area contributed by atoms with E-state index in [1.54, 1.807) is 0 Å². The Kier molecular flexibility index (Phi) is 5.39. The summed E-state index contributed by atoms with van der Waals surface area (Å²) in [7, 11) is 0. The maximum atomic E-state index is 4.48. The van der Waals surface area contributed by atoms with E-state index in [-0.39, 0.29) is 0 Å². The molecule has 0 spiro atoms. The molecule has 0 aromatic carbocycles. The van der Waals surface area contributed by atoms with Crippen molar-refractivity contribution in [2.45, 2.75) is 53.0 Å². The number of aromatic nitrogens is 2. The number of nitrogens with one attached hydrogen (secondary N) is 1. The molecular weight excluding hydrogens is 198 g/mol. The molecule has 1 unspecified atom stereocenters. The fourth-order valence-electron chi connectivity index (χ4n) is 1.86. The van der Waals surface area contributed by atoms with Gasteiger partial charge in [0, 0.05) is 23.9 Å². The van der Waals surface area contributed by atoms with Crippen molar-refractivity contribution < 1.29 is 0 Å². The van der Waals surface area contributed by atoms with E-state index in [1.807, 2.05) is 13.8 Å². The minimum absolute atomic E-state index is 0.536. The summed E-state index contributed by atoms with van der Waals surface area (Å²) in [5.41, 5.74) is 2.22. The molecule has 0 bridgehead atoms. The van der Waals surface area contributed by atoms with Crippen LogP contribution < -0.4 is 5.32 Å². The van der Waals surface area contributed by atoms with E-state index in [4.69, 9.17) is 0 Å². The van der Waals surface area contributed by atoms with Gasteiger partial charge in [0.15, 0.2) is 0 Å². The number of nitrogens with zero attached hydrogens (tertiary/aromatic N) is 2. The normalized spacial score (nSPS) is 12.8. The average Bonchev–Trinajstić information content (AvgIpc) is 2.22. The molecule has 3 nitrogen and oxygen atoms in total. The van der Waals surface area contributed by atoms with Crippen LogP contribution in [0, 0.1) is 13.8 Å². The van der Waals surface area contributed by atoms with Crippen LogP contribution in [0.2, 0.25) is 0 Å². The largest absolute Gasteiger partial charge is 0.314 e. The van der Waals surface area contributed by atoms with Gasteiger partial charge < -0.3 is 5.32 Å². The molecule has 0 radical (unpaired) electrons. The zero-order valence-electron chi connectivity index (χ0n) is 10.9. The highest BCUT2D eigenvalue weighted by Crippen LogP contribution is 2.05. The number of aryl methyl sites for hydroxylation is 2. The molecule has 1 aromatic heterocycles. The van der Waals surface area contributed by atoms with Crippen LogP contribution in [0.15, 0.2) is 6.07 Å². The molecule has 0 fully saturated rings. The first-order valence-corrected chi connectivity index (χ1v) is 6.20. The topological polar surface area (TPSA) is 37.8 Å². The summed E-state index contributed by atoms with van der Waals surface area (Å²) in [5.74, 6) is 0.875. The third-order valence-electron chi connectivity index (χ3n) is 2.65. The van der Waals surface area contributed by atoms with E-state index < -0.39 is 0 Å². The number of hydrogen-bond acceptors (Lipinski definition) is 3. The van der Waals surface area contributed by atoms with Crippen molar-refractivity contribution in [3.05, 3.63) is 23.3 Å². The Balaban J connectivity index is 2.62. The van der Waals surface area contributed by atoms with Gasteiger partial charge in [-0.2, -0.15) is 0 Å². The van der Waals surface area contributed by atoms with E-state index in [0.717, 1.165) is 36.6 Å². The van der Waals surface area contributed by atoms with Gasteiger partial charge in [0.2, 0.25) is 0 Å². The molecule has 0 amide bonds. The van der Waals surface area contributed by atoms with E-state index in [0.29, 0.717) is 6.04 Å². The molecule has 1 atom stereocenters. The minimum atomic E-state index is 0.536. The van der Waals surface area contributed by atoms with Crippen LogP contribution in [0.25, 0.3) is 0 Å². The van der Waals surface area contributed by atoms with E-state index in [1.165, 1.54) is 6.42 Å². The predicted octanol–water partition coefficient (Wildman–Crippen LogP) is 2.41. The molecule has 0 aliphatic heterocycles. The van der Waals surface area contributed by atoms with Gasteiger partial charge >= 0.3 is 0 Å². The summed E-state index contributed by atoms with van der Waals surface area (Å²) in [6.45, 7) is 9.48. The van der Waals surface area contributed by atoms with Gasteiger partial charge in [-0.25, -0.2) is 9.97 Å². The van der Waals surface area contributed by atoms with Gasteiger partial charge in [0.25, 0.3) is 0 Å². The van der Waals surface area contributed by atoms with Crippen LogP contribution in [0.1, 0.15) is 43.9 Å². The molecule has 1 aromatic rings. The van der Waals surface area contributed by atoms with Crippen molar-refractivity contribution in [2.24, 2.45) is 0 Å². The van der Waals surface area contributed by atoms with Crippen LogP contribution in [-0.4, -0.2) is 22.6 Å². The summed E-state index contributed by atoms with van der Waals surface area (Å²) >= 11 is 0. The van der Waals surface area contributed by atoms with Gasteiger partial charge in [-0.15, -0.1) is 0 Å². The zero-order valence-corrected chi connectivity index (χ0v) is 10.9. The maximum absolute atomic E-state index is 4.48.